The normalized spacial score (nSPS) is 11.3. The fourth-order valence-corrected chi connectivity index (χ4v) is 4.30. The van der Waals surface area contributed by atoms with Crippen LogP contribution < -0.4 is 11.3 Å². The number of rotatable bonds is 5. The van der Waals surface area contributed by atoms with Gasteiger partial charge >= 0.3 is 0 Å². The Bertz CT molecular complexity index is 1410. The Morgan fingerprint density at radius 3 is 2.53 bits per heavy atom. The lowest BCUT2D eigenvalue weighted by atomic mass is 10.2. The molecule has 2 aromatic carbocycles. The van der Waals surface area contributed by atoms with Crippen molar-refractivity contribution in [3.8, 4) is 0 Å². The van der Waals surface area contributed by atoms with E-state index in [0.29, 0.717) is 34.4 Å². The van der Waals surface area contributed by atoms with Crippen LogP contribution in [0.1, 0.15) is 11.3 Å². The Balaban J connectivity index is 1.64. The molecule has 7 nitrogen and oxygen atoms in total. The molecule has 5 rings (SSSR count). The van der Waals surface area contributed by atoms with Crippen molar-refractivity contribution < 1.29 is 0 Å². The van der Waals surface area contributed by atoms with E-state index >= 15 is 0 Å². The van der Waals surface area contributed by atoms with Gasteiger partial charge in [0.05, 0.1) is 23.1 Å². The molecular formula is C22H18N6OS. The highest BCUT2D eigenvalue weighted by molar-refractivity contribution is 7.98. The average Bonchev–Trinajstić information content (AvgIpc) is 3.20. The summed E-state index contributed by atoms with van der Waals surface area (Å²) in [7, 11) is 0. The Labute approximate surface area is 176 Å². The van der Waals surface area contributed by atoms with Crippen molar-refractivity contribution in [3.63, 3.8) is 0 Å². The Kier molecular flexibility index (Phi) is 4.68. The van der Waals surface area contributed by atoms with Gasteiger partial charge in [-0.15, -0.1) is 10.2 Å². The lowest BCUT2D eigenvalue weighted by Gasteiger charge is -2.11. The Morgan fingerprint density at radius 1 is 0.900 bits per heavy atom. The fourth-order valence-electron chi connectivity index (χ4n) is 3.45. The van der Waals surface area contributed by atoms with E-state index in [1.807, 2.05) is 71.1 Å². The molecule has 0 radical (unpaired) electrons. The summed E-state index contributed by atoms with van der Waals surface area (Å²) in [5.74, 6) is 1.60. The molecule has 0 atom stereocenters. The first-order valence-electron chi connectivity index (χ1n) is 9.45. The van der Waals surface area contributed by atoms with Crippen LogP contribution in [0.15, 0.2) is 82.7 Å². The number of hydrogen-bond donors (Lipinski definition) is 1. The van der Waals surface area contributed by atoms with E-state index in [2.05, 4.69) is 15.2 Å². The number of nitrogens with two attached hydrogens (primary N) is 1. The first-order valence-corrected chi connectivity index (χ1v) is 10.4. The number of para-hydroxylation sites is 1. The topological polar surface area (TPSA) is 91.1 Å². The summed E-state index contributed by atoms with van der Waals surface area (Å²) in [5.41, 5.74) is 8.38. The summed E-state index contributed by atoms with van der Waals surface area (Å²) < 4.78 is 3.62. The second kappa shape index (κ2) is 7.64. The SMILES string of the molecule is Nc1cccc(CSc2nnc3n(Cc4ccccc4)c(=O)c4ccccc4n23)n1. The third kappa shape index (κ3) is 3.31. The van der Waals surface area contributed by atoms with Crippen LogP contribution >= 0.6 is 11.8 Å². The summed E-state index contributed by atoms with van der Waals surface area (Å²) in [4.78, 5) is 17.6. The van der Waals surface area contributed by atoms with Crippen LogP contribution in [0.4, 0.5) is 5.82 Å². The molecule has 0 saturated heterocycles. The van der Waals surface area contributed by atoms with Gasteiger partial charge in [-0.05, 0) is 29.8 Å². The molecule has 0 amide bonds. The summed E-state index contributed by atoms with van der Waals surface area (Å²) in [5, 5.41) is 10.1. The molecule has 2 N–H and O–H groups in total. The zero-order chi connectivity index (χ0) is 20.5. The van der Waals surface area contributed by atoms with Crippen molar-refractivity contribution in [2.75, 3.05) is 5.73 Å². The first-order chi connectivity index (χ1) is 14.7. The van der Waals surface area contributed by atoms with Gasteiger partial charge < -0.3 is 5.73 Å². The highest BCUT2D eigenvalue weighted by Crippen LogP contribution is 2.24. The molecule has 3 heterocycles. The van der Waals surface area contributed by atoms with Crippen molar-refractivity contribution in [2.24, 2.45) is 0 Å². The lowest BCUT2D eigenvalue weighted by molar-refractivity contribution is 0.764. The van der Waals surface area contributed by atoms with Gasteiger partial charge in [-0.2, -0.15) is 0 Å². The van der Waals surface area contributed by atoms with Crippen molar-refractivity contribution in [1.29, 1.82) is 0 Å². The van der Waals surface area contributed by atoms with Crippen LogP contribution in [0.5, 0.6) is 0 Å². The average molecular weight is 414 g/mol. The molecule has 0 aliphatic carbocycles. The highest BCUT2D eigenvalue weighted by Gasteiger charge is 2.17. The number of anilines is 1. The monoisotopic (exact) mass is 414 g/mol. The second-order valence-electron chi connectivity index (χ2n) is 6.85. The van der Waals surface area contributed by atoms with Crippen molar-refractivity contribution in [3.05, 3.63) is 94.4 Å². The van der Waals surface area contributed by atoms with Gasteiger partial charge in [0.2, 0.25) is 5.78 Å². The molecule has 30 heavy (non-hydrogen) atoms. The maximum absolute atomic E-state index is 13.2. The Hall–Kier alpha value is -3.65. The standard InChI is InChI=1S/C22H18N6OS/c23-19-12-6-9-16(24-19)14-30-22-26-25-21-27(13-15-7-2-1-3-8-15)20(29)17-10-4-5-11-18(17)28(21)22/h1-12H,13-14H2,(H2,23,24). The van der Waals surface area contributed by atoms with E-state index in [1.165, 1.54) is 11.8 Å². The molecule has 148 valence electrons. The molecule has 0 spiro atoms. The van der Waals surface area contributed by atoms with Crippen LogP contribution in [-0.4, -0.2) is 24.1 Å². The summed E-state index contributed by atoms with van der Waals surface area (Å²) in [6.45, 7) is 0.424. The zero-order valence-electron chi connectivity index (χ0n) is 16.0. The van der Waals surface area contributed by atoms with Crippen LogP contribution in [0.25, 0.3) is 16.7 Å². The maximum Gasteiger partial charge on any atom is 0.263 e. The minimum Gasteiger partial charge on any atom is -0.384 e. The summed E-state index contributed by atoms with van der Waals surface area (Å²) in [6.07, 6.45) is 0. The number of aromatic nitrogens is 5. The molecule has 3 aromatic heterocycles. The number of benzene rings is 2. The summed E-state index contributed by atoms with van der Waals surface area (Å²) >= 11 is 1.51. The lowest BCUT2D eigenvalue weighted by Crippen LogP contribution is -2.24. The third-order valence-corrected chi connectivity index (χ3v) is 5.80. The molecule has 5 aromatic rings. The largest absolute Gasteiger partial charge is 0.384 e. The smallest absolute Gasteiger partial charge is 0.263 e. The molecule has 0 aliphatic heterocycles. The number of fused-ring (bicyclic) bond motifs is 3. The van der Waals surface area contributed by atoms with E-state index < -0.39 is 0 Å². The van der Waals surface area contributed by atoms with E-state index in [-0.39, 0.29) is 5.56 Å². The predicted octanol–water partition coefficient (Wildman–Crippen LogP) is 3.36. The van der Waals surface area contributed by atoms with Gasteiger partial charge in [0.1, 0.15) is 5.82 Å². The molecule has 8 heteroatoms. The molecule has 0 unspecified atom stereocenters. The molecular weight excluding hydrogens is 396 g/mol. The van der Waals surface area contributed by atoms with Crippen LogP contribution in [0, 0.1) is 0 Å². The molecule has 0 fully saturated rings. The number of nitrogen functional groups attached to an aromatic ring is 1. The van der Waals surface area contributed by atoms with Gasteiger partial charge in [0.25, 0.3) is 5.56 Å². The Morgan fingerprint density at radius 2 is 1.70 bits per heavy atom. The van der Waals surface area contributed by atoms with Gasteiger partial charge in [-0.3, -0.25) is 13.8 Å². The van der Waals surface area contributed by atoms with Gasteiger partial charge in [0.15, 0.2) is 5.16 Å². The van der Waals surface area contributed by atoms with Gasteiger partial charge in [-0.25, -0.2) is 4.98 Å². The number of thioether (sulfide) groups is 1. The zero-order valence-corrected chi connectivity index (χ0v) is 16.8. The molecule has 0 saturated carbocycles. The van der Waals surface area contributed by atoms with Crippen molar-refractivity contribution >= 4 is 34.3 Å². The fraction of sp³-hybridized carbons (Fsp3) is 0.0909. The van der Waals surface area contributed by atoms with Crippen molar-refractivity contribution in [2.45, 2.75) is 17.5 Å². The van der Waals surface area contributed by atoms with E-state index in [4.69, 9.17) is 5.73 Å². The minimum absolute atomic E-state index is 0.0802. The maximum atomic E-state index is 13.2. The molecule has 0 aliphatic rings. The predicted molar refractivity (Wildman–Crippen MR) is 119 cm³/mol. The van der Waals surface area contributed by atoms with E-state index in [9.17, 15) is 4.79 Å². The highest BCUT2D eigenvalue weighted by atomic mass is 32.2. The second-order valence-corrected chi connectivity index (χ2v) is 7.80. The summed E-state index contributed by atoms with van der Waals surface area (Å²) in [6, 6.07) is 23.0. The van der Waals surface area contributed by atoms with Crippen LogP contribution in [0.3, 0.4) is 0 Å². The third-order valence-electron chi connectivity index (χ3n) is 4.84. The number of hydrogen-bond acceptors (Lipinski definition) is 6. The van der Waals surface area contributed by atoms with E-state index in [1.54, 1.807) is 10.6 Å². The minimum atomic E-state index is -0.0802. The number of nitrogens with zero attached hydrogens (tertiary/aromatic N) is 5. The van der Waals surface area contributed by atoms with Crippen LogP contribution in [-0.2, 0) is 12.3 Å². The number of pyridine rings is 1. The quantitative estimate of drug-likeness (QED) is 0.444. The van der Waals surface area contributed by atoms with Crippen molar-refractivity contribution in [1.82, 2.24) is 24.1 Å². The van der Waals surface area contributed by atoms with E-state index in [0.717, 1.165) is 16.8 Å². The van der Waals surface area contributed by atoms with Gasteiger partial charge in [0, 0.05) is 5.75 Å². The molecule has 0 bridgehead atoms. The first kappa shape index (κ1) is 18.4. The van der Waals surface area contributed by atoms with Crippen LogP contribution in [0.2, 0.25) is 0 Å². The van der Waals surface area contributed by atoms with Gasteiger partial charge in [-0.1, -0.05) is 60.3 Å².